The molecule has 0 saturated heterocycles. The van der Waals surface area contributed by atoms with Crippen LogP contribution in [0.1, 0.15) is 37.5 Å². The second-order valence-electron chi connectivity index (χ2n) is 14.6. The second kappa shape index (κ2) is 11.3. The summed E-state index contributed by atoms with van der Waals surface area (Å²) in [7, 11) is 0. The molecule has 1 aliphatic rings. The van der Waals surface area contributed by atoms with Gasteiger partial charge in [-0.05, 0) is 101 Å². The zero-order chi connectivity index (χ0) is 34.1. The van der Waals surface area contributed by atoms with Crippen LogP contribution in [0.3, 0.4) is 0 Å². The lowest BCUT2D eigenvalue weighted by Crippen LogP contribution is -2.10. The van der Waals surface area contributed by atoms with Gasteiger partial charge in [-0.15, -0.1) is 0 Å². The van der Waals surface area contributed by atoms with E-state index in [4.69, 9.17) is 4.42 Å². The van der Waals surface area contributed by atoms with Crippen molar-refractivity contribution in [3.63, 3.8) is 0 Å². The van der Waals surface area contributed by atoms with Crippen molar-refractivity contribution in [3.8, 4) is 33.4 Å². The molecule has 1 aliphatic carbocycles. The van der Waals surface area contributed by atoms with E-state index in [1.165, 1.54) is 76.8 Å². The van der Waals surface area contributed by atoms with Gasteiger partial charge in [-0.25, -0.2) is 0 Å². The van der Waals surface area contributed by atoms with Crippen LogP contribution in [0.25, 0.3) is 87.6 Å². The Morgan fingerprint density at radius 1 is 0.520 bits per heavy atom. The summed E-state index contributed by atoms with van der Waals surface area (Å²) in [6.07, 6.45) is 4.26. The average Bonchev–Trinajstić information content (AvgIpc) is 3.71. The number of benzene rings is 8. The van der Waals surface area contributed by atoms with E-state index in [0.717, 1.165) is 33.9 Å². The maximum atomic E-state index is 6.62. The van der Waals surface area contributed by atoms with Crippen molar-refractivity contribution in [2.75, 3.05) is 0 Å². The lowest BCUT2D eigenvalue weighted by molar-refractivity contribution is 0.591. The predicted molar refractivity (Wildman–Crippen MR) is 216 cm³/mol. The van der Waals surface area contributed by atoms with Gasteiger partial charge in [0.2, 0.25) is 0 Å². The Labute approximate surface area is 293 Å². The molecule has 1 heterocycles. The molecule has 8 aromatic carbocycles. The number of fused-ring (bicyclic) bond motifs is 6. The fourth-order valence-electron chi connectivity index (χ4n) is 8.08. The zero-order valence-electron chi connectivity index (χ0n) is 28.8. The number of para-hydroxylation sites is 2. The highest BCUT2D eigenvalue weighted by Crippen LogP contribution is 2.48. The van der Waals surface area contributed by atoms with Crippen LogP contribution in [0, 0.1) is 0 Å². The molecule has 0 unspecified atom stereocenters. The summed E-state index contributed by atoms with van der Waals surface area (Å²) < 4.78 is 6.62. The van der Waals surface area contributed by atoms with Crippen molar-refractivity contribution >= 4 is 54.3 Å². The third kappa shape index (κ3) is 4.61. The molecular weight excluding hydrogens is 605 g/mol. The van der Waals surface area contributed by atoms with Crippen molar-refractivity contribution in [2.24, 2.45) is 0 Å². The van der Waals surface area contributed by atoms with Gasteiger partial charge in [0, 0.05) is 16.3 Å². The summed E-state index contributed by atoms with van der Waals surface area (Å²) in [6.45, 7) is 13.6. The predicted octanol–water partition coefficient (Wildman–Crippen LogP) is 14.0. The van der Waals surface area contributed by atoms with Crippen LogP contribution >= 0.6 is 0 Å². The first-order valence-corrected chi connectivity index (χ1v) is 17.5. The fourth-order valence-corrected chi connectivity index (χ4v) is 8.08. The molecule has 240 valence electrons. The van der Waals surface area contributed by atoms with Crippen LogP contribution in [-0.2, 0) is 11.8 Å². The first kappa shape index (κ1) is 30.2. The highest BCUT2D eigenvalue weighted by molar-refractivity contribution is 6.29. The smallest absolute Gasteiger partial charge is 0.143 e. The van der Waals surface area contributed by atoms with Crippen molar-refractivity contribution < 1.29 is 4.42 Å². The minimum atomic E-state index is 0.0692. The van der Waals surface area contributed by atoms with Crippen molar-refractivity contribution in [1.82, 2.24) is 0 Å². The summed E-state index contributed by atoms with van der Waals surface area (Å²) in [4.78, 5) is 0. The standard InChI is InChI=1S/C45H32O.C4H6/c1-45(2,3)31-23-28-16-19-35-39(27-15-18-33-30(22-27)21-26-9-4-5-10-32(26)33)25-40(36-20-17-29(24-31)42(28)43(35)36)38-13-8-12-37-34-11-6-7-14-41(34)46-44(37)38;1-3-4-2/h4-20,22-25H,21H2,1-3H3;3-4H,1-2H2. The van der Waals surface area contributed by atoms with Crippen LogP contribution in [0.2, 0.25) is 0 Å². The Bertz CT molecular complexity index is 2770. The fraction of sp³-hybridized carbons (Fsp3) is 0.102. The molecule has 50 heavy (non-hydrogen) atoms. The van der Waals surface area contributed by atoms with Crippen molar-refractivity contribution in [3.05, 3.63) is 169 Å². The molecule has 9 aromatic rings. The van der Waals surface area contributed by atoms with Crippen molar-refractivity contribution in [2.45, 2.75) is 32.6 Å². The molecule has 10 rings (SSSR count). The van der Waals surface area contributed by atoms with E-state index in [9.17, 15) is 0 Å². The molecule has 0 saturated carbocycles. The molecule has 0 fully saturated rings. The molecule has 0 N–H and O–H groups in total. The number of allylic oxidation sites excluding steroid dienone is 2. The van der Waals surface area contributed by atoms with Crippen LogP contribution in [0.15, 0.2) is 157 Å². The van der Waals surface area contributed by atoms with Gasteiger partial charge in [-0.3, -0.25) is 0 Å². The maximum Gasteiger partial charge on any atom is 0.143 e. The summed E-state index contributed by atoms with van der Waals surface area (Å²) in [5, 5.41) is 10.2. The second-order valence-corrected chi connectivity index (χ2v) is 14.6. The zero-order valence-corrected chi connectivity index (χ0v) is 28.8. The molecule has 1 aromatic heterocycles. The van der Waals surface area contributed by atoms with Gasteiger partial charge in [0.15, 0.2) is 0 Å². The Balaban J connectivity index is 0.000000801. The molecule has 0 atom stereocenters. The van der Waals surface area contributed by atoms with Gasteiger partial charge in [0.1, 0.15) is 11.2 Å². The first-order chi connectivity index (χ1) is 24.3. The highest BCUT2D eigenvalue weighted by atomic mass is 16.3. The summed E-state index contributed by atoms with van der Waals surface area (Å²) in [6, 6.07) is 47.5. The molecule has 0 spiro atoms. The number of furan rings is 1. The largest absolute Gasteiger partial charge is 0.455 e. The molecule has 0 radical (unpaired) electrons. The Morgan fingerprint density at radius 2 is 1.18 bits per heavy atom. The highest BCUT2D eigenvalue weighted by Gasteiger charge is 2.23. The third-order valence-electron chi connectivity index (χ3n) is 10.5. The van der Waals surface area contributed by atoms with Crippen LogP contribution < -0.4 is 0 Å². The van der Waals surface area contributed by atoms with E-state index in [-0.39, 0.29) is 5.41 Å². The maximum absolute atomic E-state index is 6.62. The van der Waals surface area contributed by atoms with Gasteiger partial charge < -0.3 is 4.42 Å². The van der Waals surface area contributed by atoms with Gasteiger partial charge in [0.05, 0.1) is 0 Å². The van der Waals surface area contributed by atoms with Gasteiger partial charge in [-0.2, -0.15) is 0 Å². The average molecular weight is 643 g/mol. The quantitative estimate of drug-likeness (QED) is 0.138. The summed E-state index contributed by atoms with van der Waals surface area (Å²) >= 11 is 0. The van der Waals surface area contributed by atoms with E-state index >= 15 is 0 Å². The Hall–Kier alpha value is -5.92. The van der Waals surface area contributed by atoms with Crippen LogP contribution in [0.5, 0.6) is 0 Å². The molecule has 0 aliphatic heterocycles. The molecule has 0 bridgehead atoms. The molecular formula is C49H38O. The first-order valence-electron chi connectivity index (χ1n) is 17.5. The van der Waals surface area contributed by atoms with Crippen LogP contribution in [-0.4, -0.2) is 0 Å². The van der Waals surface area contributed by atoms with E-state index in [1.54, 1.807) is 12.2 Å². The molecule has 1 heteroatoms. The van der Waals surface area contributed by atoms with E-state index in [0.29, 0.717) is 0 Å². The summed E-state index contributed by atoms with van der Waals surface area (Å²) in [5.74, 6) is 0. The lowest BCUT2D eigenvalue weighted by Gasteiger charge is -2.23. The van der Waals surface area contributed by atoms with E-state index in [1.807, 2.05) is 0 Å². The minimum absolute atomic E-state index is 0.0692. The number of hydrogen-bond acceptors (Lipinski definition) is 1. The minimum Gasteiger partial charge on any atom is -0.455 e. The van der Waals surface area contributed by atoms with E-state index in [2.05, 4.69) is 161 Å². The number of rotatable bonds is 3. The molecule has 0 amide bonds. The van der Waals surface area contributed by atoms with Crippen molar-refractivity contribution in [1.29, 1.82) is 0 Å². The molecule has 1 nitrogen and oxygen atoms in total. The summed E-state index contributed by atoms with van der Waals surface area (Å²) in [5.41, 5.74) is 13.7. The number of hydrogen-bond donors (Lipinski definition) is 0. The topological polar surface area (TPSA) is 13.1 Å². The Morgan fingerprint density at radius 3 is 1.94 bits per heavy atom. The van der Waals surface area contributed by atoms with Gasteiger partial charge >= 0.3 is 0 Å². The SMILES string of the molecule is C=CC=C.CC(C)(C)c1cc2ccc3c(-c4ccc5c(c4)Cc4ccccc4-5)cc(-c4cccc5c4oc4ccccc45)c4ccc(c1)c2c34. The Kier molecular flexibility index (Phi) is 6.83. The monoisotopic (exact) mass is 642 g/mol. The third-order valence-corrected chi connectivity index (χ3v) is 10.5. The normalized spacial score (nSPS) is 12.4. The van der Waals surface area contributed by atoms with Crippen LogP contribution in [0.4, 0.5) is 0 Å². The van der Waals surface area contributed by atoms with Gasteiger partial charge in [-0.1, -0.05) is 161 Å². The lowest BCUT2D eigenvalue weighted by atomic mass is 9.81. The van der Waals surface area contributed by atoms with E-state index < -0.39 is 0 Å². The van der Waals surface area contributed by atoms with Gasteiger partial charge in [0.25, 0.3) is 0 Å².